The number of hydrogen-bond acceptors (Lipinski definition) is 5. The fourth-order valence-corrected chi connectivity index (χ4v) is 3.52. The van der Waals surface area contributed by atoms with Crippen LogP contribution in [0.2, 0.25) is 5.02 Å². The van der Waals surface area contributed by atoms with Gasteiger partial charge in [-0.15, -0.1) is 0 Å². The Morgan fingerprint density at radius 3 is 2.44 bits per heavy atom. The number of ether oxygens (including phenoxy) is 2. The molecule has 2 aromatic carbocycles. The van der Waals surface area contributed by atoms with E-state index in [1.54, 1.807) is 24.3 Å². The second kappa shape index (κ2) is 10.2. The van der Waals surface area contributed by atoms with Crippen LogP contribution in [0.15, 0.2) is 46.4 Å². The topological polar surface area (TPSA) is 84.9 Å². The van der Waals surface area contributed by atoms with Crippen molar-refractivity contribution in [2.24, 2.45) is 0 Å². The Kier molecular flexibility index (Phi) is 7.58. The second-order valence-electron chi connectivity index (χ2n) is 7.02. The lowest BCUT2D eigenvalue weighted by atomic mass is 10.1. The van der Waals surface area contributed by atoms with Crippen LogP contribution in [0.5, 0.6) is 11.5 Å². The SMILES string of the molecule is CCOc1cc(/C=C2\C(=O)NC(=O)N(c3ccc(Cl)cc3)C2=O)c(Br)cc1O[C@H](C)CC. The van der Waals surface area contributed by atoms with Gasteiger partial charge in [-0.3, -0.25) is 14.9 Å². The van der Waals surface area contributed by atoms with Crippen molar-refractivity contribution >= 4 is 57.1 Å². The predicted molar refractivity (Wildman–Crippen MR) is 126 cm³/mol. The quantitative estimate of drug-likeness (QED) is 0.392. The van der Waals surface area contributed by atoms with E-state index in [2.05, 4.69) is 21.2 Å². The molecule has 0 aliphatic carbocycles. The van der Waals surface area contributed by atoms with E-state index in [1.807, 2.05) is 20.8 Å². The van der Waals surface area contributed by atoms with Crippen LogP contribution >= 0.6 is 27.5 Å². The number of rotatable bonds is 7. The molecule has 0 unspecified atom stereocenters. The third-order valence-corrected chi connectivity index (χ3v) is 5.69. The number of hydrogen-bond donors (Lipinski definition) is 1. The summed E-state index contributed by atoms with van der Waals surface area (Å²) in [5.41, 5.74) is 0.619. The first kappa shape index (κ1) is 23.8. The number of carbonyl (C=O) groups is 3. The number of urea groups is 1. The van der Waals surface area contributed by atoms with E-state index in [-0.39, 0.29) is 11.7 Å². The molecule has 1 fully saturated rings. The molecule has 0 aromatic heterocycles. The van der Waals surface area contributed by atoms with Gasteiger partial charge in [0.1, 0.15) is 5.57 Å². The molecule has 0 bridgehead atoms. The van der Waals surface area contributed by atoms with E-state index in [1.165, 1.54) is 18.2 Å². The summed E-state index contributed by atoms with van der Waals surface area (Å²) < 4.78 is 12.2. The zero-order valence-corrected chi connectivity index (χ0v) is 20.1. The molecule has 1 aliphatic heterocycles. The van der Waals surface area contributed by atoms with Crippen molar-refractivity contribution in [1.82, 2.24) is 5.32 Å². The maximum Gasteiger partial charge on any atom is 0.335 e. The number of imide groups is 2. The van der Waals surface area contributed by atoms with Gasteiger partial charge < -0.3 is 9.47 Å². The molecule has 1 heterocycles. The first-order valence-corrected chi connectivity index (χ1v) is 11.2. The number of halogens is 2. The number of nitrogens with zero attached hydrogens (tertiary/aromatic N) is 1. The van der Waals surface area contributed by atoms with E-state index in [4.69, 9.17) is 21.1 Å². The third-order valence-electron chi connectivity index (χ3n) is 4.75. The van der Waals surface area contributed by atoms with Gasteiger partial charge in [-0.2, -0.15) is 0 Å². The van der Waals surface area contributed by atoms with E-state index >= 15 is 0 Å². The Labute approximate surface area is 199 Å². The monoisotopic (exact) mass is 520 g/mol. The van der Waals surface area contributed by atoms with E-state index < -0.39 is 17.8 Å². The first-order valence-electron chi connectivity index (χ1n) is 10.0. The van der Waals surface area contributed by atoms with Crippen LogP contribution in [0.4, 0.5) is 10.5 Å². The van der Waals surface area contributed by atoms with Gasteiger partial charge in [0.05, 0.1) is 18.4 Å². The summed E-state index contributed by atoms with van der Waals surface area (Å²) in [6.07, 6.45) is 2.21. The molecule has 0 spiro atoms. The Hall–Kier alpha value is -2.84. The van der Waals surface area contributed by atoms with Crippen molar-refractivity contribution < 1.29 is 23.9 Å². The molecule has 1 N–H and O–H groups in total. The fraction of sp³-hybridized carbons (Fsp3) is 0.261. The lowest BCUT2D eigenvalue weighted by molar-refractivity contribution is -0.122. The highest BCUT2D eigenvalue weighted by atomic mass is 79.9. The van der Waals surface area contributed by atoms with Crippen LogP contribution in [-0.4, -0.2) is 30.6 Å². The smallest absolute Gasteiger partial charge is 0.335 e. The average Bonchev–Trinajstić information content (AvgIpc) is 2.75. The van der Waals surface area contributed by atoms with Gasteiger partial charge in [-0.1, -0.05) is 34.5 Å². The van der Waals surface area contributed by atoms with Crippen molar-refractivity contribution in [2.75, 3.05) is 11.5 Å². The molecule has 32 heavy (non-hydrogen) atoms. The molecule has 2 aromatic rings. The number of carbonyl (C=O) groups excluding carboxylic acids is 3. The third kappa shape index (κ3) is 5.14. The number of barbiturate groups is 1. The van der Waals surface area contributed by atoms with Crippen LogP contribution in [0.1, 0.15) is 32.8 Å². The Bertz CT molecular complexity index is 1080. The zero-order valence-electron chi connectivity index (χ0n) is 17.8. The summed E-state index contributed by atoms with van der Waals surface area (Å²) in [6.45, 7) is 6.22. The van der Waals surface area contributed by atoms with Crippen molar-refractivity contribution in [1.29, 1.82) is 0 Å². The summed E-state index contributed by atoms with van der Waals surface area (Å²) in [4.78, 5) is 38.8. The molecule has 1 atom stereocenters. The highest BCUT2D eigenvalue weighted by Crippen LogP contribution is 2.36. The van der Waals surface area contributed by atoms with E-state index in [0.717, 1.165) is 11.3 Å². The maximum absolute atomic E-state index is 13.1. The van der Waals surface area contributed by atoms with Crippen LogP contribution in [0.3, 0.4) is 0 Å². The fourth-order valence-electron chi connectivity index (χ4n) is 2.96. The summed E-state index contributed by atoms with van der Waals surface area (Å²) in [5, 5.41) is 2.66. The minimum absolute atomic E-state index is 0.0186. The van der Waals surface area contributed by atoms with Crippen LogP contribution in [0.25, 0.3) is 6.08 Å². The summed E-state index contributed by atoms with van der Waals surface area (Å²) in [6, 6.07) is 8.75. The van der Waals surface area contributed by atoms with E-state index in [9.17, 15) is 14.4 Å². The zero-order chi connectivity index (χ0) is 23.4. The molecule has 4 amide bonds. The van der Waals surface area contributed by atoms with Gasteiger partial charge in [-0.25, -0.2) is 9.69 Å². The summed E-state index contributed by atoms with van der Waals surface area (Å²) >= 11 is 9.37. The van der Waals surface area contributed by atoms with Gasteiger partial charge >= 0.3 is 6.03 Å². The number of amides is 4. The Balaban J connectivity index is 2.02. The molecule has 0 saturated carbocycles. The van der Waals surface area contributed by atoms with Crippen molar-refractivity contribution in [3.63, 3.8) is 0 Å². The average molecular weight is 522 g/mol. The number of nitrogens with one attached hydrogen (secondary N) is 1. The van der Waals surface area contributed by atoms with Crippen LogP contribution in [-0.2, 0) is 9.59 Å². The molecule has 168 valence electrons. The maximum atomic E-state index is 13.1. The van der Waals surface area contributed by atoms with Crippen molar-refractivity contribution in [3.8, 4) is 11.5 Å². The minimum atomic E-state index is -0.828. The van der Waals surface area contributed by atoms with E-state index in [0.29, 0.717) is 38.9 Å². The molecule has 9 heteroatoms. The van der Waals surface area contributed by atoms with Gasteiger partial charge in [0.2, 0.25) is 0 Å². The largest absolute Gasteiger partial charge is 0.490 e. The highest BCUT2D eigenvalue weighted by molar-refractivity contribution is 9.10. The Morgan fingerprint density at radius 1 is 1.12 bits per heavy atom. The molecule has 1 aliphatic rings. The predicted octanol–water partition coefficient (Wildman–Crippen LogP) is 5.34. The van der Waals surface area contributed by atoms with Crippen molar-refractivity contribution in [3.05, 3.63) is 57.0 Å². The minimum Gasteiger partial charge on any atom is -0.490 e. The Morgan fingerprint density at radius 2 is 1.81 bits per heavy atom. The molecule has 0 radical (unpaired) electrons. The lowest BCUT2D eigenvalue weighted by Gasteiger charge is -2.26. The summed E-state index contributed by atoms with van der Waals surface area (Å²) in [5.74, 6) is -0.495. The van der Waals surface area contributed by atoms with Gasteiger partial charge in [0.15, 0.2) is 11.5 Å². The lowest BCUT2D eigenvalue weighted by Crippen LogP contribution is -2.54. The van der Waals surface area contributed by atoms with Crippen LogP contribution in [0, 0.1) is 0 Å². The molecule has 1 saturated heterocycles. The standard InChI is InChI=1S/C23H22BrClN2O5/c1-4-13(3)32-20-12-18(24)14(11-19(20)31-5-2)10-17-21(28)26-23(30)27(22(17)29)16-8-6-15(25)7-9-16/h6-13H,4-5H2,1-3H3,(H,26,28,30)/b17-10+/t13-/m1/s1. The normalized spacial score (nSPS) is 16.2. The molecule has 3 rings (SSSR count). The van der Waals surface area contributed by atoms with Gasteiger partial charge in [-0.05, 0) is 68.3 Å². The van der Waals surface area contributed by atoms with Crippen LogP contribution < -0.4 is 19.7 Å². The van der Waals surface area contributed by atoms with Gasteiger partial charge in [0, 0.05) is 9.50 Å². The second-order valence-corrected chi connectivity index (χ2v) is 8.32. The first-order chi connectivity index (χ1) is 15.2. The number of benzene rings is 2. The molecular formula is C23H22BrClN2O5. The molecular weight excluding hydrogens is 500 g/mol. The van der Waals surface area contributed by atoms with Gasteiger partial charge in [0.25, 0.3) is 11.8 Å². The summed E-state index contributed by atoms with van der Waals surface area (Å²) in [7, 11) is 0. The molecule has 7 nitrogen and oxygen atoms in total. The van der Waals surface area contributed by atoms with Crippen molar-refractivity contribution in [2.45, 2.75) is 33.3 Å². The highest BCUT2D eigenvalue weighted by Gasteiger charge is 2.37. The number of anilines is 1.